The van der Waals surface area contributed by atoms with Gasteiger partial charge in [-0.05, 0) is 54.7 Å². The number of carbonyl (C=O) groups excluding carboxylic acids is 1. The lowest BCUT2D eigenvalue weighted by atomic mass is 9.82. The first-order valence-electron chi connectivity index (χ1n) is 11.0. The normalized spacial score (nSPS) is 26.1. The smallest absolute Gasteiger partial charge is 0.254 e. The third-order valence-corrected chi connectivity index (χ3v) is 7.27. The molecule has 32 heavy (non-hydrogen) atoms. The molecular formula is C25H26F3NO3. The highest BCUT2D eigenvalue weighted by atomic mass is 19.3. The molecule has 0 radical (unpaired) electrons. The fraction of sp³-hybridized carbons (Fsp3) is 0.480. The van der Waals surface area contributed by atoms with Gasteiger partial charge in [-0.15, -0.1) is 0 Å². The molecule has 2 saturated carbocycles. The Labute approximate surface area is 185 Å². The largest absolute Gasteiger partial charge is 0.493 e. The molecular weight excluding hydrogens is 419 g/mol. The summed E-state index contributed by atoms with van der Waals surface area (Å²) in [6, 6.07) is 11.8. The van der Waals surface area contributed by atoms with Crippen molar-refractivity contribution in [2.24, 2.45) is 11.8 Å². The van der Waals surface area contributed by atoms with Crippen molar-refractivity contribution in [1.82, 2.24) is 4.90 Å². The zero-order valence-electron chi connectivity index (χ0n) is 18.0. The summed E-state index contributed by atoms with van der Waals surface area (Å²) in [4.78, 5) is 15.0. The van der Waals surface area contributed by atoms with Gasteiger partial charge in [0.1, 0.15) is 5.82 Å². The maximum atomic E-state index is 13.3. The van der Waals surface area contributed by atoms with Gasteiger partial charge in [-0.3, -0.25) is 4.79 Å². The number of piperidine rings is 1. The number of alkyl halides is 2. The SMILES string of the molecule is COc1cc(C(=O)N2CCC3(c4ccc(F)cc4)CC3C2)ccc1OCC1CC(F)(F)C1. The highest BCUT2D eigenvalue weighted by Gasteiger charge is 2.58. The second kappa shape index (κ2) is 7.71. The van der Waals surface area contributed by atoms with E-state index in [-0.39, 0.29) is 42.5 Å². The first-order chi connectivity index (χ1) is 15.3. The van der Waals surface area contributed by atoms with Crippen molar-refractivity contribution < 1.29 is 27.4 Å². The van der Waals surface area contributed by atoms with Crippen LogP contribution in [0.2, 0.25) is 0 Å². The topological polar surface area (TPSA) is 38.8 Å². The number of methoxy groups -OCH3 is 1. The van der Waals surface area contributed by atoms with Crippen molar-refractivity contribution in [3.05, 3.63) is 59.4 Å². The number of carbonyl (C=O) groups is 1. The minimum absolute atomic E-state index is 0.0620. The highest BCUT2D eigenvalue weighted by Crippen LogP contribution is 2.59. The molecule has 2 aliphatic carbocycles. The molecule has 7 heteroatoms. The van der Waals surface area contributed by atoms with Crippen LogP contribution in [0, 0.1) is 17.7 Å². The van der Waals surface area contributed by atoms with Gasteiger partial charge in [0.25, 0.3) is 5.91 Å². The zero-order chi connectivity index (χ0) is 22.5. The number of rotatable bonds is 6. The summed E-state index contributed by atoms with van der Waals surface area (Å²) in [5, 5.41) is 0. The third-order valence-electron chi connectivity index (χ3n) is 7.27. The molecule has 0 N–H and O–H groups in total. The van der Waals surface area contributed by atoms with Gasteiger partial charge in [0, 0.05) is 42.8 Å². The second-order valence-corrected chi connectivity index (χ2v) is 9.37. The third kappa shape index (κ3) is 3.82. The Balaban J connectivity index is 1.22. The number of nitrogens with zero attached hydrogens (tertiary/aromatic N) is 1. The van der Waals surface area contributed by atoms with Crippen LogP contribution in [0.3, 0.4) is 0 Å². The Morgan fingerprint density at radius 3 is 2.50 bits per heavy atom. The van der Waals surface area contributed by atoms with Gasteiger partial charge in [-0.25, -0.2) is 13.2 Å². The van der Waals surface area contributed by atoms with E-state index < -0.39 is 5.92 Å². The predicted octanol–water partition coefficient (Wildman–Crippen LogP) is 5.06. The maximum Gasteiger partial charge on any atom is 0.254 e. The molecule has 0 spiro atoms. The zero-order valence-corrected chi connectivity index (χ0v) is 18.0. The average molecular weight is 445 g/mol. The van der Waals surface area contributed by atoms with Gasteiger partial charge in [-0.2, -0.15) is 0 Å². The molecule has 1 aliphatic heterocycles. The van der Waals surface area contributed by atoms with Gasteiger partial charge >= 0.3 is 0 Å². The van der Waals surface area contributed by atoms with Crippen molar-refractivity contribution >= 4 is 5.91 Å². The Bertz CT molecular complexity index is 1020. The fourth-order valence-electron chi connectivity index (χ4n) is 5.30. The summed E-state index contributed by atoms with van der Waals surface area (Å²) in [5.74, 6) is -1.77. The highest BCUT2D eigenvalue weighted by molar-refractivity contribution is 5.95. The molecule has 3 fully saturated rings. The van der Waals surface area contributed by atoms with Crippen LogP contribution in [-0.2, 0) is 5.41 Å². The number of halogens is 3. The van der Waals surface area contributed by atoms with Crippen LogP contribution in [0.1, 0.15) is 41.6 Å². The molecule has 0 bridgehead atoms. The fourth-order valence-corrected chi connectivity index (χ4v) is 5.30. The van der Waals surface area contributed by atoms with Crippen LogP contribution in [0.15, 0.2) is 42.5 Å². The van der Waals surface area contributed by atoms with Gasteiger partial charge in [0.2, 0.25) is 5.92 Å². The maximum absolute atomic E-state index is 13.3. The number of benzene rings is 2. The van der Waals surface area contributed by atoms with Crippen molar-refractivity contribution in [1.29, 1.82) is 0 Å². The number of ether oxygens (including phenoxy) is 2. The Morgan fingerprint density at radius 2 is 1.84 bits per heavy atom. The van der Waals surface area contributed by atoms with Gasteiger partial charge in [0.15, 0.2) is 11.5 Å². The van der Waals surface area contributed by atoms with E-state index in [0.717, 1.165) is 18.4 Å². The van der Waals surface area contributed by atoms with Crippen molar-refractivity contribution in [3.63, 3.8) is 0 Å². The molecule has 1 amide bonds. The van der Waals surface area contributed by atoms with E-state index in [2.05, 4.69) is 0 Å². The average Bonchev–Trinajstić information content (AvgIpc) is 3.51. The van der Waals surface area contributed by atoms with E-state index in [1.54, 1.807) is 18.2 Å². The lowest BCUT2D eigenvalue weighted by Gasteiger charge is -2.34. The Hall–Kier alpha value is -2.70. The summed E-state index contributed by atoms with van der Waals surface area (Å²) in [6.45, 7) is 1.52. The number of hydrogen-bond acceptors (Lipinski definition) is 3. The summed E-state index contributed by atoms with van der Waals surface area (Å²) in [7, 11) is 1.50. The van der Waals surface area contributed by atoms with E-state index in [1.165, 1.54) is 19.2 Å². The lowest BCUT2D eigenvalue weighted by molar-refractivity contribution is -0.119. The molecule has 3 aliphatic rings. The minimum Gasteiger partial charge on any atom is -0.493 e. The van der Waals surface area contributed by atoms with E-state index in [0.29, 0.717) is 36.1 Å². The molecule has 2 unspecified atom stereocenters. The Kier molecular flexibility index (Phi) is 5.10. The van der Waals surface area contributed by atoms with E-state index in [9.17, 15) is 18.0 Å². The summed E-state index contributed by atoms with van der Waals surface area (Å²) in [6.07, 6.45) is 1.57. The first-order valence-corrected chi connectivity index (χ1v) is 11.0. The van der Waals surface area contributed by atoms with Crippen molar-refractivity contribution in [2.75, 3.05) is 26.8 Å². The predicted molar refractivity (Wildman–Crippen MR) is 113 cm³/mol. The number of likely N-dealkylation sites (tertiary alicyclic amines) is 1. The molecule has 2 aromatic rings. The van der Waals surface area contributed by atoms with Crippen LogP contribution in [0.25, 0.3) is 0 Å². The number of fused-ring (bicyclic) bond motifs is 1. The monoisotopic (exact) mass is 445 g/mol. The molecule has 5 rings (SSSR count). The van der Waals surface area contributed by atoms with Gasteiger partial charge in [0.05, 0.1) is 13.7 Å². The standard InChI is InChI=1S/C25H26F3NO3/c1-31-22-10-17(2-7-21(22)32-15-16-11-25(27,28)12-16)23(30)29-9-8-24(13-19(24)14-29)18-3-5-20(26)6-4-18/h2-7,10,16,19H,8-9,11-15H2,1H3. The first kappa shape index (κ1) is 21.2. The molecule has 0 aromatic heterocycles. The minimum atomic E-state index is -2.57. The molecule has 1 heterocycles. The van der Waals surface area contributed by atoms with Crippen LogP contribution >= 0.6 is 0 Å². The molecule has 4 nitrogen and oxygen atoms in total. The van der Waals surface area contributed by atoms with E-state index in [1.807, 2.05) is 17.0 Å². The lowest BCUT2D eigenvalue weighted by Crippen LogP contribution is -2.40. The van der Waals surface area contributed by atoms with Crippen molar-refractivity contribution in [2.45, 2.75) is 37.0 Å². The van der Waals surface area contributed by atoms with Gasteiger partial charge < -0.3 is 14.4 Å². The molecule has 1 saturated heterocycles. The van der Waals surface area contributed by atoms with Crippen LogP contribution in [0.4, 0.5) is 13.2 Å². The second-order valence-electron chi connectivity index (χ2n) is 9.37. The summed E-state index contributed by atoms with van der Waals surface area (Å²) in [5.41, 5.74) is 1.74. The Morgan fingerprint density at radius 1 is 1.09 bits per heavy atom. The summed E-state index contributed by atoms with van der Waals surface area (Å²) >= 11 is 0. The van der Waals surface area contributed by atoms with E-state index in [4.69, 9.17) is 9.47 Å². The molecule has 2 atom stereocenters. The molecule has 2 aromatic carbocycles. The van der Waals surface area contributed by atoms with Crippen LogP contribution in [0.5, 0.6) is 11.5 Å². The quantitative estimate of drug-likeness (QED) is 0.624. The van der Waals surface area contributed by atoms with Crippen LogP contribution < -0.4 is 9.47 Å². The van der Waals surface area contributed by atoms with Crippen LogP contribution in [-0.4, -0.2) is 43.5 Å². The van der Waals surface area contributed by atoms with Crippen molar-refractivity contribution in [3.8, 4) is 11.5 Å². The number of amides is 1. The summed E-state index contributed by atoms with van der Waals surface area (Å²) < 4.78 is 50.4. The number of hydrogen-bond donors (Lipinski definition) is 0. The van der Waals surface area contributed by atoms with E-state index >= 15 is 0 Å². The van der Waals surface area contributed by atoms with Gasteiger partial charge in [-0.1, -0.05) is 12.1 Å². The molecule has 170 valence electrons.